The summed E-state index contributed by atoms with van der Waals surface area (Å²) in [6, 6.07) is 1.75. The quantitative estimate of drug-likeness (QED) is 0.605. The molecule has 0 amide bonds. The molecule has 0 aromatic carbocycles. The molecule has 1 heterocycles. The molecule has 2 rings (SSSR count). The van der Waals surface area contributed by atoms with Crippen LogP contribution in [0.1, 0.15) is 41.9 Å². The lowest BCUT2D eigenvalue weighted by atomic mass is 10.2. The van der Waals surface area contributed by atoms with Crippen molar-refractivity contribution in [3.05, 3.63) is 17.5 Å². The molecule has 0 unspecified atom stereocenters. The van der Waals surface area contributed by atoms with E-state index in [9.17, 15) is 4.79 Å². The lowest BCUT2D eigenvalue weighted by Gasteiger charge is -1.79. The zero-order valence-electron chi connectivity index (χ0n) is 6.33. The van der Waals surface area contributed by atoms with Gasteiger partial charge in [0.25, 0.3) is 0 Å². The van der Waals surface area contributed by atoms with E-state index in [4.69, 9.17) is 4.52 Å². The van der Waals surface area contributed by atoms with Gasteiger partial charge in [-0.05, 0) is 12.8 Å². The standard InChI is InChI=1S/C8H9NO2/c1-5(10)8-4-7(9-11-8)6-2-3-6/h4,6H,2-3H2,1H3. The first kappa shape index (κ1) is 6.58. The molecule has 58 valence electrons. The fourth-order valence-corrected chi connectivity index (χ4v) is 1.03. The highest BCUT2D eigenvalue weighted by molar-refractivity contribution is 5.91. The average molecular weight is 151 g/mol. The van der Waals surface area contributed by atoms with Crippen molar-refractivity contribution in [3.8, 4) is 0 Å². The molecule has 0 spiro atoms. The molecule has 1 aliphatic carbocycles. The summed E-state index contributed by atoms with van der Waals surface area (Å²) in [5.74, 6) is 0.892. The van der Waals surface area contributed by atoms with E-state index in [1.54, 1.807) is 6.07 Å². The maximum Gasteiger partial charge on any atom is 0.202 e. The Kier molecular flexibility index (Phi) is 1.31. The predicted molar refractivity (Wildman–Crippen MR) is 38.5 cm³/mol. The topological polar surface area (TPSA) is 43.1 Å². The minimum atomic E-state index is -0.0515. The van der Waals surface area contributed by atoms with E-state index in [2.05, 4.69) is 5.16 Å². The molecule has 1 fully saturated rings. The molecule has 0 saturated heterocycles. The van der Waals surface area contributed by atoms with Crippen molar-refractivity contribution in [2.24, 2.45) is 0 Å². The van der Waals surface area contributed by atoms with Crippen LogP contribution >= 0.6 is 0 Å². The zero-order valence-corrected chi connectivity index (χ0v) is 6.33. The van der Waals surface area contributed by atoms with Gasteiger partial charge in [0.2, 0.25) is 5.76 Å². The number of rotatable bonds is 2. The number of nitrogens with zero attached hydrogens (tertiary/aromatic N) is 1. The number of carbonyl (C=O) groups is 1. The Hall–Kier alpha value is -1.12. The van der Waals surface area contributed by atoms with Gasteiger partial charge in [-0.1, -0.05) is 5.16 Å². The van der Waals surface area contributed by atoms with E-state index < -0.39 is 0 Å². The summed E-state index contributed by atoms with van der Waals surface area (Å²) in [6.45, 7) is 1.48. The first-order valence-electron chi connectivity index (χ1n) is 3.75. The van der Waals surface area contributed by atoms with Crippen LogP contribution in [0, 0.1) is 0 Å². The number of hydrogen-bond donors (Lipinski definition) is 0. The van der Waals surface area contributed by atoms with Crippen LogP contribution < -0.4 is 0 Å². The summed E-state index contributed by atoms with van der Waals surface area (Å²) in [5, 5.41) is 3.80. The van der Waals surface area contributed by atoms with Gasteiger partial charge in [0.1, 0.15) is 0 Å². The molecule has 0 radical (unpaired) electrons. The van der Waals surface area contributed by atoms with Gasteiger partial charge in [-0.2, -0.15) is 0 Å². The number of Topliss-reactive ketones (excluding diaryl/α,β-unsaturated/α-hetero) is 1. The SMILES string of the molecule is CC(=O)c1cc(C2CC2)no1. The summed E-state index contributed by atoms with van der Waals surface area (Å²) in [6.07, 6.45) is 2.37. The predicted octanol–water partition coefficient (Wildman–Crippen LogP) is 1.75. The van der Waals surface area contributed by atoms with Crippen LogP contribution in [-0.2, 0) is 0 Å². The third kappa shape index (κ3) is 1.18. The van der Waals surface area contributed by atoms with E-state index >= 15 is 0 Å². The Morgan fingerprint density at radius 1 is 1.73 bits per heavy atom. The lowest BCUT2D eigenvalue weighted by Crippen LogP contribution is -1.86. The number of carbonyl (C=O) groups excluding carboxylic acids is 1. The van der Waals surface area contributed by atoms with Crippen LogP contribution in [0.15, 0.2) is 10.6 Å². The van der Waals surface area contributed by atoms with Gasteiger partial charge in [-0.25, -0.2) is 0 Å². The minimum absolute atomic E-state index is 0.0515. The second kappa shape index (κ2) is 2.19. The number of aromatic nitrogens is 1. The van der Waals surface area contributed by atoms with Gasteiger partial charge in [0, 0.05) is 18.9 Å². The molecule has 11 heavy (non-hydrogen) atoms. The molecule has 1 aromatic rings. The number of hydrogen-bond acceptors (Lipinski definition) is 3. The first-order chi connectivity index (χ1) is 5.27. The van der Waals surface area contributed by atoms with Crippen LogP contribution in [0.4, 0.5) is 0 Å². The molecule has 0 bridgehead atoms. The van der Waals surface area contributed by atoms with E-state index in [1.807, 2.05) is 0 Å². The summed E-state index contributed by atoms with van der Waals surface area (Å²) in [5.41, 5.74) is 0.940. The Balaban J connectivity index is 2.25. The van der Waals surface area contributed by atoms with Crippen molar-refractivity contribution in [3.63, 3.8) is 0 Å². The van der Waals surface area contributed by atoms with Gasteiger partial charge in [-0.3, -0.25) is 4.79 Å². The van der Waals surface area contributed by atoms with Crippen LogP contribution in [0.5, 0.6) is 0 Å². The molecule has 3 heteroatoms. The lowest BCUT2D eigenvalue weighted by molar-refractivity contribution is 0.0978. The van der Waals surface area contributed by atoms with Gasteiger partial charge >= 0.3 is 0 Å². The monoisotopic (exact) mass is 151 g/mol. The molecule has 1 aromatic heterocycles. The molecule has 1 aliphatic rings. The van der Waals surface area contributed by atoms with Crippen molar-refractivity contribution < 1.29 is 9.32 Å². The third-order valence-corrected chi connectivity index (χ3v) is 1.87. The van der Waals surface area contributed by atoms with Crippen LogP contribution in [0.2, 0.25) is 0 Å². The molecule has 0 N–H and O–H groups in total. The Labute approximate surface area is 64.4 Å². The van der Waals surface area contributed by atoms with Crippen molar-refractivity contribution in [1.29, 1.82) is 0 Å². The highest BCUT2D eigenvalue weighted by Gasteiger charge is 2.27. The minimum Gasteiger partial charge on any atom is -0.353 e. The third-order valence-electron chi connectivity index (χ3n) is 1.87. The first-order valence-corrected chi connectivity index (χ1v) is 3.75. The molecular formula is C8H9NO2. The van der Waals surface area contributed by atoms with E-state index in [1.165, 1.54) is 19.8 Å². The largest absolute Gasteiger partial charge is 0.353 e. The maximum absolute atomic E-state index is 10.8. The number of ketones is 1. The fraction of sp³-hybridized carbons (Fsp3) is 0.500. The highest BCUT2D eigenvalue weighted by Crippen LogP contribution is 2.39. The highest BCUT2D eigenvalue weighted by atomic mass is 16.5. The van der Waals surface area contributed by atoms with Crippen molar-refractivity contribution >= 4 is 5.78 Å². The van der Waals surface area contributed by atoms with E-state index in [0.29, 0.717) is 11.7 Å². The van der Waals surface area contributed by atoms with Gasteiger partial charge in [-0.15, -0.1) is 0 Å². The zero-order chi connectivity index (χ0) is 7.84. The van der Waals surface area contributed by atoms with Crippen LogP contribution in [-0.4, -0.2) is 10.9 Å². The summed E-state index contributed by atoms with van der Waals surface area (Å²) < 4.78 is 4.83. The van der Waals surface area contributed by atoms with Crippen molar-refractivity contribution in [2.45, 2.75) is 25.7 Å². The Morgan fingerprint density at radius 3 is 2.91 bits per heavy atom. The molecule has 0 aliphatic heterocycles. The molecule has 3 nitrogen and oxygen atoms in total. The van der Waals surface area contributed by atoms with E-state index in [0.717, 1.165) is 5.69 Å². The Bertz CT molecular complexity index is 286. The fourth-order valence-electron chi connectivity index (χ4n) is 1.03. The Morgan fingerprint density at radius 2 is 2.45 bits per heavy atom. The smallest absolute Gasteiger partial charge is 0.202 e. The van der Waals surface area contributed by atoms with Gasteiger partial charge in [0.05, 0.1) is 5.69 Å². The van der Waals surface area contributed by atoms with Crippen LogP contribution in [0.25, 0.3) is 0 Å². The van der Waals surface area contributed by atoms with Crippen LogP contribution in [0.3, 0.4) is 0 Å². The van der Waals surface area contributed by atoms with Crippen molar-refractivity contribution in [2.75, 3.05) is 0 Å². The summed E-state index contributed by atoms with van der Waals surface area (Å²) in [7, 11) is 0. The summed E-state index contributed by atoms with van der Waals surface area (Å²) in [4.78, 5) is 10.8. The second-order valence-corrected chi connectivity index (χ2v) is 2.95. The van der Waals surface area contributed by atoms with Gasteiger partial charge in [0.15, 0.2) is 5.78 Å². The average Bonchev–Trinajstić information content (AvgIpc) is 2.68. The molecular weight excluding hydrogens is 142 g/mol. The summed E-state index contributed by atoms with van der Waals surface area (Å²) >= 11 is 0. The maximum atomic E-state index is 10.8. The molecule has 0 atom stereocenters. The van der Waals surface area contributed by atoms with Crippen molar-refractivity contribution in [1.82, 2.24) is 5.16 Å². The normalized spacial score (nSPS) is 16.8. The van der Waals surface area contributed by atoms with E-state index in [-0.39, 0.29) is 5.78 Å². The van der Waals surface area contributed by atoms with Gasteiger partial charge < -0.3 is 4.52 Å². The molecule has 1 saturated carbocycles. The second-order valence-electron chi connectivity index (χ2n) is 2.95.